The molecule has 1 saturated heterocycles. The van der Waals surface area contributed by atoms with Crippen LogP contribution in [0.2, 0.25) is 0 Å². The molecular formula is C12H17N3O7. The van der Waals surface area contributed by atoms with Gasteiger partial charge in [0.1, 0.15) is 12.2 Å². The van der Waals surface area contributed by atoms with Gasteiger partial charge in [-0.2, -0.15) is 4.98 Å². The number of ether oxygens (including phenoxy) is 2. The van der Waals surface area contributed by atoms with Crippen molar-refractivity contribution in [2.45, 2.75) is 38.6 Å². The van der Waals surface area contributed by atoms with E-state index in [1.807, 2.05) is 0 Å². The van der Waals surface area contributed by atoms with Crippen molar-refractivity contribution < 1.29 is 29.7 Å². The molecule has 2 heterocycles. The highest BCUT2D eigenvalue weighted by molar-refractivity contribution is 5.71. The van der Waals surface area contributed by atoms with Gasteiger partial charge in [-0.25, -0.2) is 4.79 Å². The van der Waals surface area contributed by atoms with Gasteiger partial charge in [-0.1, -0.05) is 13.8 Å². The van der Waals surface area contributed by atoms with Crippen molar-refractivity contribution in [3.63, 3.8) is 0 Å². The van der Waals surface area contributed by atoms with Gasteiger partial charge in [0.15, 0.2) is 12.0 Å². The highest BCUT2D eigenvalue weighted by Crippen LogP contribution is 2.29. The first-order chi connectivity index (χ1) is 10.3. The summed E-state index contributed by atoms with van der Waals surface area (Å²) in [4.78, 5) is 26.8. The van der Waals surface area contributed by atoms with Crippen LogP contribution in [0.25, 0.3) is 0 Å². The number of hydrogen-bond donors (Lipinski definition) is 4. The number of carbonyl (C=O) groups excluding carboxylic acids is 1. The molecule has 1 unspecified atom stereocenters. The van der Waals surface area contributed by atoms with Gasteiger partial charge in [0, 0.05) is 6.20 Å². The lowest BCUT2D eigenvalue weighted by Crippen LogP contribution is -2.36. The van der Waals surface area contributed by atoms with Crippen LogP contribution in [0.1, 0.15) is 20.1 Å². The zero-order valence-corrected chi connectivity index (χ0v) is 11.9. The summed E-state index contributed by atoms with van der Waals surface area (Å²) in [6.07, 6.45) is -4.45. The fraction of sp³-hybridized carbons (Fsp3) is 0.583. The first kappa shape index (κ1) is 16.4. The SMILES string of the molecule is CC(C)C(=O)O[C@H]1O[C@@H](n2ccc(NO)nc2=O)C(O)[C@H]1O. The number of aromatic nitrogens is 2. The number of aliphatic hydroxyl groups is 2. The Labute approximate surface area is 124 Å². The molecule has 4 N–H and O–H groups in total. The number of esters is 1. The molecule has 0 amide bonds. The summed E-state index contributed by atoms with van der Waals surface area (Å²) in [6, 6.07) is 1.26. The molecule has 0 aliphatic carbocycles. The number of rotatable bonds is 4. The van der Waals surface area contributed by atoms with Crippen molar-refractivity contribution in [1.82, 2.24) is 9.55 Å². The van der Waals surface area contributed by atoms with E-state index in [9.17, 15) is 19.8 Å². The molecule has 22 heavy (non-hydrogen) atoms. The Morgan fingerprint density at radius 2 is 2.14 bits per heavy atom. The van der Waals surface area contributed by atoms with E-state index < -0.39 is 42.3 Å². The largest absolute Gasteiger partial charge is 0.432 e. The van der Waals surface area contributed by atoms with Gasteiger partial charge in [-0.05, 0) is 6.07 Å². The third-order valence-electron chi connectivity index (χ3n) is 3.12. The zero-order valence-electron chi connectivity index (χ0n) is 11.9. The third kappa shape index (κ3) is 3.09. The Hall–Kier alpha value is -2.01. The number of nitrogens with zero attached hydrogens (tertiary/aromatic N) is 2. The van der Waals surface area contributed by atoms with Gasteiger partial charge in [0.05, 0.1) is 5.92 Å². The normalized spacial score (nSPS) is 27.9. The van der Waals surface area contributed by atoms with Gasteiger partial charge in [0.25, 0.3) is 0 Å². The smallest absolute Gasteiger partial charge is 0.351 e. The maximum absolute atomic E-state index is 11.8. The van der Waals surface area contributed by atoms with E-state index in [1.54, 1.807) is 19.3 Å². The number of nitrogens with one attached hydrogen (secondary N) is 1. The average molecular weight is 315 g/mol. The molecule has 4 atom stereocenters. The Kier molecular flexibility index (Phi) is 4.76. The lowest BCUT2D eigenvalue weighted by molar-refractivity contribution is -0.196. The summed E-state index contributed by atoms with van der Waals surface area (Å²) >= 11 is 0. The maximum Gasteiger partial charge on any atom is 0.351 e. The van der Waals surface area contributed by atoms with Gasteiger partial charge in [0.2, 0.25) is 6.29 Å². The second kappa shape index (κ2) is 6.40. The summed E-state index contributed by atoms with van der Waals surface area (Å²) in [5.74, 6) is -1.13. The van der Waals surface area contributed by atoms with Crippen molar-refractivity contribution in [1.29, 1.82) is 0 Å². The Balaban J connectivity index is 2.19. The first-order valence-corrected chi connectivity index (χ1v) is 6.56. The van der Waals surface area contributed by atoms with E-state index in [0.717, 1.165) is 4.57 Å². The molecule has 1 aliphatic heterocycles. The molecule has 1 aromatic rings. The third-order valence-corrected chi connectivity index (χ3v) is 3.12. The summed E-state index contributed by atoms with van der Waals surface area (Å²) in [6.45, 7) is 3.21. The van der Waals surface area contributed by atoms with Crippen molar-refractivity contribution in [2.24, 2.45) is 5.92 Å². The number of carbonyl (C=O) groups is 1. The van der Waals surface area contributed by atoms with Gasteiger partial charge < -0.3 is 19.7 Å². The average Bonchev–Trinajstić information content (AvgIpc) is 2.75. The van der Waals surface area contributed by atoms with Crippen LogP contribution < -0.4 is 11.2 Å². The molecule has 0 aromatic carbocycles. The van der Waals surface area contributed by atoms with Crippen molar-refractivity contribution in [3.8, 4) is 0 Å². The van der Waals surface area contributed by atoms with E-state index in [2.05, 4.69) is 4.98 Å². The summed E-state index contributed by atoms with van der Waals surface area (Å²) < 4.78 is 11.1. The van der Waals surface area contributed by atoms with E-state index in [1.165, 1.54) is 12.3 Å². The summed E-state index contributed by atoms with van der Waals surface area (Å²) in [7, 11) is 0. The molecule has 1 aliphatic rings. The monoisotopic (exact) mass is 315 g/mol. The van der Waals surface area contributed by atoms with Crippen LogP contribution in [0.4, 0.5) is 5.82 Å². The van der Waals surface area contributed by atoms with Gasteiger partial charge in [-0.3, -0.25) is 20.0 Å². The molecule has 2 rings (SSSR count). The summed E-state index contributed by atoms with van der Waals surface area (Å²) in [5.41, 5.74) is 0.879. The maximum atomic E-state index is 11.8. The van der Waals surface area contributed by atoms with E-state index in [4.69, 9.17) is 14.7 Å². The van der Waals surface area contributed by atoms with Crippen LogP contribution in [0.5, 0.6) is 0 Å². The van der Waals surface area contributed by atoms with Gasteiger partial charge in [-0.15, -0.1) is 0 Å². The van der Waals surface area contributed by atoms with E-state index in [0.29, 0.717) is 0 Å². The highest BCUT2D eigenvalue weighted by atomic mass is 16.7. The second-order valence-corrected chi connectivity index (χ2v) is 5.08. The number of anilines is 1. The Morgan fingerprint density at radius 3 is 2.68 bits per heavy atom. The predicted molar refractivity (Wildman–Crippen MR) is 70.8 cm³/mol. The predicted octanol–water partition coefficient (Wildman–Crippen LogP) is -1.18. The number of hydrogen-bond acceptors (Lipinski definition) is 9. The lowest BCUT2D eigenvalue weighted by Gasteiger charge is -2.17. The molecule has 0 radical (unpaired) electrons. The van der Waals surface area contributed by atoms with E-state index >= 15 is 0 Å². The van der Waals surface area contributed by atoms with Crippen LogP contribution in [0, 0.1) is 5.92 Å². The van der Waals surface area contributed by atoms with E-state index in [-0.39, 0.29) is 5.82 Å². The lowest BCUT2D eigenvalue weighted by atomic mass is 10.2. The van der Waals surface area contributed by atoms with Crippen molar-refractivity contribution >= 4 is 11.8 Å². The fourth-order valence-electron chi connectivity index (χ4n) is 1.87. The zero-order chi connectivity index (χ0) is 16.4. The first-order valence-electron chi connectivity index (χ1n) is 6.56. The van der Waals surface area contributed by atoms with Crippen LogP contribution in [-0.4, -0.2) is 49.4 Å². The quantitative estimate of drug-likeness (QED) is 0.398. The minimum absolute atomic E-state index is 0.0860. The molecular weight excluding hydrogens is 298 g/mol. The fourth-order valence-corrected chi connectivity index (χ4v) is 1.87. The highest BCUT2D eigenvalue weighted by Gasteiger charge is 2.46. The van der Waals surface area contributed by atoms with Crippen molar-refractivity contribution in [2.75, 3.05) is 5.48 Å². The minimum Gasteiger partial charge on any atom is -0.432 e. The minimum atomic E-state index is -1.50. The standard InChI is InChI=1S/C12H17N3O7/c1-5(2)10(18)22-11-8(17)7(16)9(21-11)15-4-3-6(14-20)13-12(15)19/h3-5,7-9,11,16-17,20H,1-2H3,(H,13,14,19)/t7?,8-,9-,11-/m1/s1. The van der Waals surface area contributed by atoms with Crippen LogP contribution >= 0.6 is 0 Å². The molecule has 10 heteroatoms. The molecule has 122 valence electrons. The van der Waals surface area contributed by atoms with Crippen molar-refractivity contribution in [3.05, 3.63) is 22.7 Å². The van der Waals surface area contributed by atoms with Crippen LogP contribution in [-0.2, 0) is 14.3 Å². The summed E-state index contributed by atoms with van der Waals surface area (Å²) in [5, 5.41) is 28.5. The Bertz CT molecular complexity index is 603. The molecule has 10 nitrogen and oxygen atoms in total. The molecule has 1 aromatic heterocycles. The van der Waals surface area contributed by atoms with Crippen LogP contribution in [0.15, 0.2) is 17.1 Å². The topological polar surface area (TPSA) is 143 Å². The molecule has 0 spiro atoms. The second-order valence-electron chi connectivity index (χ2n) is 5.08. The molecule has 1 fully saturated rings. The Morgan fingerprint density at radius 1 is 1.45 bits per heavy atom. The van der Waals surface area contributed by atoms with Crippen LogP contribution in [0.3, 0.4) is 0 Å². The molecule has 0 bridgehead atoms. The molecule has 0 saturated carbocycles. The number of aliphatic hydroxyl groups excluding tert-OH is 2. The van der Waals surface area contributed by atoms with Gasteiger partial charge >= 0.3 is 11.7 Å².